The number of aromatic nitrogens is 4. The van der Waals surface area contributed by atoms with Gasteiger partial charge < -0.3 is 19.5 Å². The summed E-state index contributed by atoms with van der Waals surface area (Å²) >= 11 is 1.17. The number of aromatic amines is 2. The lowest BCUT2D eigenvalue weighted by Crippen LogP contribution is -2.37. The van der Waals surface area contributed by atoms with Gasteiger partial charge in [0.15, 0.2) is 0 Å². The van der Waals surface area contributed by atoms with Crippen LogP contribution in [0.25, 0.3) is 0 Å². The van der Waals surface area contributed by atoms with E-state index in [0.29, 0.717) is 11.3 Å². The fourth-order valence-electron chi connectivity index (χ4n) is 2.46. The van der Waals surface area contributed by atoms with Gasteiger partial charge >= 0.3 is 11.8 Å². The summed E-state index contributed by atoms with van der Waals surface area (Å²) in [4.78, 5) is 40.2. The van der Waals surface area contributed by atoms with Crippen molar-refractivity contribution < 1.29 is 13.9 Å². The Morgan fingerprint density at radius 1 is 1.28 bits per heavy atom. The molecular weight excluding hydrogens is 398 g/mol. The topological polar surface area (TPSA) is 143 Å². The van der Waals surface area contributed by atoms with E-state index >= 15 is 0 Å². The Morgan fingerprint density at radius 2 is 1.97 bits per heavy atom. The number of aryl methyl sites for hydroxylation is 1. The first kappa shape index (κ1) is 22.7. The Hall–Kier alpha value is -2.56. The third-order valence-electron chi connectivity index (χ3n) is 4.17. The molecule has 2 atom stereocenters. The molecule has 0 aliphatic heterocycles. The number of alkyl carbamates (subject to hydrolysis) is 1. The third-order valence-corrected chi connectivity index (χ3v) is 5.01. The highest BCUT2D eigenvalue weighted by Crippen LogP contribution is 2.28. The molecule has 3 N–H and O–H groups in total. The molecule has 160 valence electrons. The number of hydrogen-bond acceptors (Lipinski definition) is 8. The lowest BCUT2D eigenvalue weighted by Gasteiger charge is -2.24. The van der Waals surface area contributed by atoms with Gasteiger partial charge in [-0.3, -0.25) is 9.78 Å². The van der Waals surface area contributed by atoms with Crippen LogP contribution in [-0.4, -0.2) is 31.9 Å². The number of ether oxygens (including phenoxy) is 1. The number of nitrogens with zero attached hydrogens (tertiary/aromatic N) is 2. The molecule has 0 unspecified atom stereocenters. The number of thioether (sulfide) groups is 1. The molecule has 10 nitrogen and oxygen atoms in total. The molecule has 0 aliphatic carbocycles. The molecule has 0 saturated carbocycles. The van der Waals surface area contributed by atoms with Gasteiger partial charge in [-0.05, 0) is 33.6 Å². The Bertz CT molecular complexity index is 959. The molecule has 1 amide bonds. The summed E-state index contributed by atoms with van der Waals surface area (Å²) in [7, 11) is 0. The molecule has 0 saturated heterocycles. The van der Waals surface area contributed by atoms with Gasteiger partial charge in [0.05, 0.1) is 0 Å². The predicted octanol–water partition coefficient (Wildman–Crippen LogP) is 2.66. The minimum absolute atomic E-state index is 0.0325. The average molecular weight is 426 g/mol. The van der Waals surface area contributed by atoms with Gasteiger partial charge in [0.2, 0.25) is 5.89 Å². The number of rotatable bonds is 7. The minimum atomic E-state index is -0.624. The van der Waals surface area contributed by atoms with E-state index in [1.54, 1.807) is 27.7 Å². The van der Waals surface area contributed by atoms with Gasteiger partial charge in [-0.2, -0.15) is 0 Å². The number of carbonyl (C=O) groups is 1. The lowest BCUT2D eigenvalue weighted by molar-refractivity contribution is 0.0473. The molecular formula is C18H27N5O5S. The summed E-state index contributed by atoms with van der Waals surface area (Å²) in [6.45, 7) is 11.0. The largest absolute Gasteiger partial charge is 0.444 e. The van der Waals surface area contributed by atoms with Crippen LogP contribution in [0.1, 0.15) is 64.2 Å². The molecule has 0 aromatic carbocycles. The first-order valence-electron chi connectivity index (χ1n) is 9.28. The van der Waals surface area contributed by atoms with Crippen LogP contribution in [0.4, 0.5) is 4.79 Å². The normalized spacial score (nSPS) is 13.7. The van der Waals surface area contributed by atoms with Crippen molar-refractivity contribution in [1.82, 2.24) is 25.5 Å². The lowest BCUT2D eigenvalue weighted by atomic mass is 9.99. The maximum atomic E-state index is 12.2. The van der Waals surface area contributed by atoms with E-state index in [0.717, 1.165) is 6.42 Å². The smallest absolute Gasteiger partial charge is 0.408 e. The van der Waals surface area contributed by atoms with Crippen molar-refractivity contribution in [2.24, 2.45) is 5.92 Å². The quantitative estimate of drug-likeness (QED) is 0.575. The summed E-state index contributed by atoms with van der Waals surface area (Å²) in [5, 5.41) is 11.1. The Labute approximate surface area is 172 Å². The van der Waals surface area contributed by atoms with E-state index in [4.69, 9.17) is 9.15 Å². The first-order chi connectivity index (χ1) is 13.5. The summed E-state index contributed by atoms with van der Waals surface area (Å²) < 4.78 is 11.0. The summed E-state index contributed by atoms with van der Waals surface area (Å²) in [6.07, 6.45) is 0.211. The van der Waals surface area contributed by atoms with Crippen molar-refractivity contribution in [2.75, 3.05) is 0 Å². The summed E-state index contributed by atoms with van der Waals surface area (Å²) in [6, 6.07) is -0.505. The second kappa shape index (κ2) is 9.29. The van der Waals surface area contributed by atoms with E-state index in [2.05, 4.69) is 25.5 Å². The molecule has 0 fully saturated rings. The molecule has 2 rings (SSSR count). The molecule has 2 aromatic heterocycles. The van der Waals surface area contributed by atoms with Crippen molar-refractivity contribution in [1.29, 1.82) is 0 Å². The molecule has 0 aliphatic rings. The zero-order valence-corrected chi connectivity index (χ0v) is 18.2. The van der Waals surface area contributed by atoms with Crippen molar-refractivity contribution in [2.45, 2.75) is 70.6 Å². The molecule has 0 radical (unpaired) electrons. The Kier molecular flexibility index (Phi) is 7.28. The molecule has 0 bridgehead atoms. The molecule has 2 aromatic rings. The van der Waals surface area contributed by atoms with Gasteiger partial charge in [-0.1, -0.05) is 32.0 Å². The SMILES string of the molecule is CC[C@@H](C)[C@H](NC(=O)OC(C)(C)C)c1nnc(SCc2c(C)[nH]c(=O)[nH]c2=O)o1. The fourth-order valence-corrected chi connectivity index (χ4v) is 3.31. The zero-order valence-electron chi connectivity index (χ0n) is 17.4. The highest BCUT2D eigenvalue weighted by molar-refractivity contribution is 7.98. The van der Waals surface area contributed by atoms with E-state index in [9.17, 15) is 14.4 Å². The first-order valence-corrected chi connectivity index (χ1v) is 10.3. The second-order valence-electron chi connectivity index (χ2n) is 7.72. The van der Waals surface area contributed by atoms with Gasteiger partial charge in [-0.25, -0.2) is 9.59 Å². The molecule has 0 spiro atoms. The third kappa shape index (κ3) is 6.48. The highest BCUT2D eigenvalue weighted by atomic mass is 32.2. The second-order valence-corrected chi connectivity index (χ2v) is 8.64. The number of carbonyl (C=O) groups excluding carboxylic acids is 1. The average Bonchev–Trinajstić information content (AvgIpc) is 3.05. The minimum Gasteiger partial charge on any atom is -0.444 e. The maximum Gasteiger partial charge on any atom is 0.408 e. The highest BCUT2D eigenvalue weighted by Gasteiger charge is 2.28. The van der Waals surface area contributed by atoms with Crippen LogP contribution in [0.3, 0.4) is 0 Å². The van der Waals surface area contributed by atoms with E-state index in [1.165, 1.54) is 11.8 Å². The standard InChI is InChI=1S/C18H27N5O5S/c1-7-9(2)12(20-16(26)28-18(4,5)6)14-22-23-17(27-14)29-8-11-10(3)19-15(25)21-13(11)24/h9,12H,7-8H2,1-6H3,(H,20,26)(H2,19,21,24,25)/t9-,12+/m1/s1. The fraction of sp³-hybridized carbons (Fsp3) is 0.611. The summed E-state index contributed by atoms with van der Waals surface area (Å²) in [5.74, 6) is 0.539. The molecule has 2 heterocycles. The van der Waals surface area contributed by atoms with E-state index in [1.807, 2.05) is 13.8 Å². The number of hydrogen-bond donors (Lipinski definition) is 3. The number of amides is 1. The summed E-state index contributed by atoms with van der Waals surface area (Å²) in [5.41, 5.74) is -0.732. The Morgan fingerprint density at radius 3 is 2.55 bits per heavy atom. The van der Waals surface area contributed by atoms with Crippen LogP contribution in [0.5, 0.6) is 0 Å². The van der Waals surface area contributed by atoms with Crippen molar-refractivity contribution in [3.8, 4) is 0 Å². The molecule has 11 heteroatoms. The number of nitrogens with one attached hydrogen (secondary N) is 3. The monoisotopic (exact) mass is 425 g/mol. The molecule has 29 heavy (non-hydrogen) atoms. The van der Waals surface area contributed by atoms with Crippen LogP contribution in [0.15, 0.2) is 19.2 Å². The predicted molar refractivity (Wildman–Crippen MR) is 108 cm³/mol. The zero-order chi connectivity index (χ0) is 21.8. The van der Waals surface area contributed by atoms with Crippen LogP contribution >= 0.6 is 11.8 Å². The van der Waals surface area contributed by atoms with E-state index in [-0.39, 0.29) is 22.8 Å². The Balaban J connectivity index is 2.13. The van der Waals surface area contributed by atoms with Gasteiger partial charge in [0, 0.05) is 17.0 Å². The number of H-pyrrole nitrogens is 2. The van der Waals surface area contributed by atoms with Crippen molar-refractivity contribution in [3.05, 3.63) is 38.0 Å². The van der Waals surface area contributed by atoms with Gasteiger partial charge in [0.25, 0.3) is 10.8 Å². The maximum absolute atomic E-state index is 12.2. The van der Waals surface area contributed by atoms with Crippen LogP contribution < -0.4 is 16.6 Å². The van der Waals surface area contributed by atoms with Crippen molar-refractivity contribution in [3.63, 3.8) is 0 Å². The van der Waals surface area contributed by atoms with Crippen molar-refractivity contribution >= 4 is 17.9 Å². The van der Waals surface area contributed by atoms with E-state index < -0.39 is 29.0 Å². The van der Waals surface area contributed by atoms with Gasteiger partial charge in [-0.15, -0.1) is 10.2 Å². The van der Waals surface area contributed by atoms with Crippen LogP contribution in [-0.2, 0) is 10.5 Å². The van der Waals surface area contributed by atoms with Crippen LogP contribution in [0.2, 0.25) is 0 Å². The van der Waals surface area contributed by atoms with Crippen LogP contribution in [0, 0.1) is 12.8 Å². The van der Waals surface area contributed by atoms with Gasteiger partial charge in [0.1, 0.15) is 11.6 Å².